The van der Waals surface area contributed by atoms with E-state index in [0.717, 1.165) is 18.7 Å². The molecule has 0 bridgehead atoms. The summed E-state index contributed by atoms with van der Waals surface area (Å²) < 4.78 is 1.71. The highest BCUT2D eigenvalue weighted by Gasteiger charge is 2.12. The van der Waals surface area contributed by atoms with E-state index < -0.39 is 0 Å². The van der Waals surface area contributed by atoms with Crippen LogP contribution in [-0.2, 0) is 26.7 Å². The smallest absolute Gasteiger partial charge is 0.287 e. The molecule has 0 aliphatic carbocycles. The average molecular weight is 256 g/mol. The summed E-state index contributed by atoms with van der Waals surface area (Å²) in [6.07, 6.45) is 3.38. The number of fused-ring (bicyclic) bond motifs is 1. The minimum atomic E-state index is -0.147. The molecule has 1 aliphatic heterocycles. The van der Waals surface area contributed by atoms with Crippen LogP contribution in [-0.4, -0.2) is 15.5 Å². The Morgan fingerprint density at radius 1 is 1.42 bits per heavy atom. The predicted molar refractivity (Wildman–Crippen MR) is 71.4 cm³/mol. The van der Waals surface area contributed by atoms with Crippen molar-refractivity contribution in [3.8, 4) is 0 Å². The summed E-state index contributed by atoms with van der Waals surface area (Å²) in [5.41, 5.74) is 3.79. The highest BCUT2D eigenvalue weighted by atomic mass is 16.2. The van der Waals surface area contributed by atoms with E-state index in [1.807, 2.05) is 7.05 Å². The number of nitrogens with zero attached hydrogens (tertiary/aromatic N) is 2. The van der Waals surface area contributed by atoms with Crippen molar-refractivity contribution in [3.05, 3.63) is 53.1 Å². The van der Waals surface area contributed by atoms with Gasteiger partial charge in [-0.1, -0.05) is 18.2 Å². The molecule has 98 valence electrons. The molecular formula is C14H16N4O. The van der Waals surface area contributed by atoms with Gasteiger partial charge >= 0.3 is 0 Å². The lowest BCUT2D eigenvalue weighted by atomic mass is 10.1. The maximum Gasteiger partial charge on any atom is 0.287 e. The molecule has 1 amide bonds. The number of benzene rings is 1. The van der Waals surface area contributed by atoms with Crippen molar-refractivity contribution in [3.63, 3.8) is 0 Å². The van der Waals surface area contributed by atoms with Gasteiger partial charge in [0, 0.05) is 39.1 Å². The van der Waals surface area contributed by atoms with E-state index in [1.54, 1.807) is 17.0 Å². The van der Waals surface area contributed by atoms with Crippen LogP contribution in [0.3, 0.4) is 0 Å². The Balaban J connectivity index is 1.66. The van der Waals surface area contributed by atoms with Crippen molar-refractivity contribution >= 4 is 5.91 Å². The second-order valence-electron chi connectivity index (χ2n) is 4.75. The molecule has 1 aliphatic rings. The number of aromatic nitrogens is 2. The molecule has 2 N–H and O–H groups in total. The lowest BCUT2D eigenvalue weighted by molar-refractivity contribution is 0.0937. The molecule has 19 heavy (non-hydrogen) atoms. The minimum Gasteiger partial charge on any atom is -0.345 e. The summed E-state index contributed by atoms with van der Waals surface area (Å²) in [4.78, 5) is 16.0. The molecule has 0 saturated carbocycles. The number of rotatable bonds is 3. The van der Waals surface area contributed by atoms with Gasteiger partial charge in [-0.05, 0) is 16.7 Å². The van der Waals surface area contributed by atoms with Crippen LogP contribution in [0.1, 0.15) is 27.3 Å². The van der Waals surface area contributed by atoms with Crippen LogP contribution in [0, 0.1) is 0 Å². The second-order valence-corrected chi connectivity index (χ2v) is 4.75. The zero-order valence-corrected chi connectivity index (χ0v) is 10.8. The highest BCUT2D eigenvalue weighted by molar-refractivity contribution is 5.90. The molecule has 5 nitrogen and oxygen atoms in total. The summed E-state index contributed by atoms with van der Waals surface area (Å²) in [7, 11) is 1.81. The molecule has 0 atom stereocenters. The lowest BCUT2D eigenvalue weighted by Gasteiger charge is -2.07. The Bertz CT molecular complexity index is 618. The van der Waals surface area contributed by atoms with Gasteiger partial charge in [0.2, 0.25) is 0 Å². The average Bonchev–Trinajstić information content (AvgIpc) is 3.03. The molecular weight excluding hydrogens is 240 g/mol. The van der Waals surface area contributed by atoms with Crippen LogP contribution in [0.2, 0.25) is 0 Å². The van der Waals surface area contributed by atoms with Crippen LogP contribution in [0.5, 0.6) is 0 Å². The number of hydrogen-bond acceptors (Lipinski definition) is 3. The van der Waals surface area contributed by atoms with Gasteiger partial charge < -0.3 is 15.2 Å². The fraction of sp³-hybridized carbons (Fsp3) is 0.286. The number of hydrogen-bond donors (Lipinski definition) is 2. The third-order valence-corrected chi connectivity index (χ3v) is 3.38. The van der Waals surface area contributed by atoms with Crippen LogP contribution >= 0.6 is 0 Å². The molecule has 3 rings (SSSR count). The van der Waals surface area contributed by atoms with Crippen molar-refractivity contribution < 1.29 is 4.79 Å². The van der Waals surface area contributed by atoms with E-state index in [0.29, 0.717) is 12.4 Å². The summed E-state index contributed by atoms with van der Waals surface area (Å²) in [5.74, 6) is 0.286. The SMILES string of the molecule is Cn1ccnc1C(=O)NCc1ccc2c(c1)CNC2. The standard InChI is InChI=1S/C14H16N4O/c1-18-5-4-16-13(18)14(19)17-7-10-2-3-11-8-15-9-12(11)6-10/h2-6,15H,7-9H2,1H3,(H,17,19). The van der Waals surface area contributed by atoms with Crippen molar-refractivity contribution in [2.24, 2.45) is 7.05 Å². The van der Waals surface area contributed by atoms with Gasteiger partial charge in [0.15, 0.2) is 5.82 Å². The first kappa shape index (κ1) is 11.9. The quantitative estimate of drug-likeness (QED) is 0.859. The fourth-order valence-electron chi connectivity index (χ4n) is 2.30. The highest BCUT2D eigenvalue weighted by Crippen LogP contribution is 2.16. The van der Waals surface area contributed by atoms with Gasteiger partial charge in [-0.3, -0.25) is 4.79 Å². The third-order valence-electron chi connectivity index (χ3n) is 3.38. The zero-order chi connectivity index (χ0) is 13.2. The van der Waals surface area contributed by atoms with E-state index >= 15 is 0 Å². The first-order chi connectivity index (χ1) is 9.24. The largest absolute Gasteiger partial charge is 0.345 e. The maximum absolute atomic E-state index is 11.9. The normalized spacial score (nSPS) is 13.3. The molecule has 1 aromatic carbocycles. The summed E-state index contributed by atoms with van der Waals surface area (Å²) in [6.45, 7) is 2.38. The first-order valence-electron chi connectivity index (χ1n) is 6.31. The number of carbonyl (C=O) groups excluding carboxylic acids is 1. The Kier molecular flexibility index (Phi) is 3.05. The molecule has 1 aromatic heterocycles. The number of nitrogens with one attached hydrogen (secondary N) is 2. The summed E-state index contributed by atoms with van der Waals surface area (Å²) >= 11 is 0. The van der Waals surface area contributed by atoms with E-state index in [-0.39, 0.29) is 5.91 Å². The molecule has 0 spiro atoms. The zero-order valence-electron chi connectivity index (χ0n) is 10.8. The third kappa shape index (κ3) is 2.37. The van der Waals surface area contributed by atoms with Gasteiger partial charge in [0.05, 0.1) is 0 Å². The van der Waals surface area contributed by atoms with Gasteiger partial charge in [0.25, 0.3) is 5.91 Å². The number of carbonyl (C=O) groups is 1. The number of amides is 1. The van der Waals surface area contributed by atoms with Crippen LogP contribution in [0.15, 0.2) is 30.6 Å². The van der Waals surface area contributed by atoms with Gasteiger partial charge in [-0.2, -0.15) is 0 Å². The van der Waals surface area contributed by atoms with Crippen LogP contribution in [0.25, 0.3) is 0 Å². The Labute approximate surface area is 111 Å². The summed E-state index contributed by atoms with van der Waals surface area (Å²) in [6, 6.07) is 6.33. The maximum atomic E-state index is 11.9. The Morgan fingerprint density at radius 2 is 2.26 bits per heavy atom. The minimum absolute atomic E-state index is 0.147. The van der Waals surface area contributed by atoms with Crippen molar-refractivity contribution in [1.29, 1.82) is 0 Å². The monoisotopic (exact) mass is 256 g/mol. The van der Waals surface area contributed by atoms with Crippen molar-refractivity contribution in [1.82, 2.24) is 20.2 Å². The molecule has 0 unspecified atom stereocenters. The lowest BCUT2D eigenvalue weighted by Crippen LogP contribution is -2.25. The van der Waals surface area contributed by atoms with Crippen molar-refractivity contribution in [2.45, 2.75) is 19.6 Å². The molecule has 2 aromatic rings. The van der Waals surface area contributed by atoms with Crippen LogP contribution in [0.4, 0.5) is 0 Å². The van der Waals surface area contributed by atoms with E-state index in [1.165, 1.54) is 11.1 Å². The molecule has 0 radical (unpaired) electrons. The van der Waals surface area contributed by atoms with E-state index in [2.05, 4.69) is 33.8 Å². The second kappa shape index (κ2) is 4.85. The topological polar surface area (TPSA) is 59.0 Å². The van der Waals surface area contributed by atoms with Crippen LogP contribution < -0.4 is 10.6 Å². The van der Waals surface area contributed by atoms with Crippen molar-refractivity contribution in [2.75, 3.05) is 0 Å². The number of aryl methyl sites for hydroxylation is 1. The molecule has 0 saturated heterocycles. The molecule has 5 heteroatoms. The van der Waals surface area contributed by atoms with Gasteiger partial charge in [0.1, 0.15) is 0 Å². The Hall–Kier alpha value is -2.14. The molecule has 2 heterocycles. The van der Waals surface area contributed by atoms with E-state index in [9.17, 15) is 4.79 Å². The fourth-order valence-corrected chi connectivity index (χ4v) is 2.30. The Morgan fingerprint density at radius 3 is 3.05 bits per heavy atom. The van der Waals surface area contributed by atoms with Gasteiger partial charge in [-0.25, -0.2) is 4.98 Å². The summed E-state index contributed by atoms with van der Waals surface area (Å²) in [5, 5.41) is 6.20. The number of imidazole rings is 1. The van der Waals surface area contributed by atoms with E-state index in [4.69, 9.17) is 0 Å². The predicted octanol–water partition coefficient (Wildman–Crippen LogP) is 0.953. The first-order valence-corrected chi connectivity index (χ1v) is 6.31. The van der Waals surface area contributed by atoms with Gasteiger partial charge in [-0.15, -0.1) is 0 Å². The molecule has 0 fully saturated rings.